The van der Waals surface area contributed by atoms with Gasteiger partial charge in [0.05, 0.1) is 11.6 Å². The highest BCUT2D eigenvalue weighted by atomic mass is 35.5. The summed E-state index contributed by atoms with van der Waals surface area (Å²) < 4.78 is 7.64. The van der Waals surface area contributed by atoms with Crippen molar-refractivity contribution in [2.75, 3.05) is 6.61 Å². The van der Waals surface area contributed by atoms with E-state index in [0.717, 1.165) is 4.57 Å². The number of ether oxygens (including phenoxy) is 1. The van der Waals surface area contributed by atoms with Gasteiger partial charge < -0.3 is 4.74 Å². The van der Waals surface area contributed by atoms with Crippen LogP contribution in [0.15, 0.2) is 58.1 Å². The van der Waals surface area contributed by atoms with Crippen LogP contribution in [0, 0.1) is 0 Å². The van der Waals surface area contributed by atoms with E-state index in [-0.39, 0.29) is 30.7 Å². The molecule has 0 fully saturated rings. The minimum atomic E-state index is -0.651. The fraction of sp³-hybridized carbons (Fsp3) is 0.182. The first-order valence-electron chi connectivity index (χ1n) is 9.82. The largest absolute Gasteiger partial charge is 0.464 e. The van der Waals surface area contributed by atoms with Crippen molar-refractivity contribution in [1.29, 1.82) is 0 Å². The van der Waals surface area contributed by atoms with Crippen LogP contribution in [0.25, 0.3) is 28.2 Å². The van der Waals surface area contributed by atoms with E-state index in [1.165, 1.54) is 0 Å². The van der Waals surface area contributed by atoms with Gasteiger partial charge in [-0.3, -0.25) is 23.7 Å². The predicted molar refractivity (Wildman–Crippen MR) is 123 cm³/mol. The Labute approximate surface area is 192 Å². The summed E-state index contributed by atoms with van der Waals surface area (Å²) in [5.74, 6) is -0.0291. The van der Waals surface area contributed by atoms with E-state index >= 15 is 0 Å². The number of hydrogen-bond donors (Lipinski definition) is 1. The minimum Gasteiger partial charge on any atom is -0.464 e. The van der Waals surface area contributed by atoms with Crippen LogP contribution < -0.4 is 11.2 Å². The number of imidazole rings is 1. The molecule has 10 heteroatoms. The third-order valence-corrected chi connectivity index (χ3v) is 5.44. The molecule has 2 aromatic heterocycles. The quantitative estimate of drug-likeness (QED) is 0.430. The Kier molecular flexibility index (Phi) is 6.16. The summed E-state index contributed by atoms with van der Waals surface area (Å²) in [7, 11) is 0. The number of rotatable bonds is 6. The molecule has 0 saturated heterocycles. The molecule has 0 spiro atoms. The molecule has 2 heterocycles. The van der Waals surface area contributed by atoms with E-state index in [9.17, 15) is 14.4 Å². The van der Waals surface area contributed by atoms with Gasteiger partial charge in [0.2, 0.25) is 0 Å². The van der Waals surface area contributed by atoms with Crippen LogP contribution in [0.4, 0.5) is 0 Å². The summed E-state index contributed by atoms with van der Waals surface area (Å²) in [5, 5.41) is 0.966. The van der Waals surface area contributed by atoms with Crippen molar-refractivity contribution in [3.63, 3.8) is 0 Å². The Hall–Kier alpha value is -3.36. The van der Waals surface area contributed by atoms with Crippen LogP contribution >= 0.6 is 23.2 Å². The highest BCUT2D eigenvalue weighted by molar-refractivity contribution is 6.33. The second-order valence-corrected chi connectivity index (χ2v) is 7.73. The van der Waals surface area contributed by atoms with Crippen LogP contribution in [0.2, 0.25) is 10.0 Å². The Morgan fingerprint density at radius 2 is 1.81 bits per heavy atom. The normalized spacial score (nSPS) is 11.1. The molecule has 0 unspecified atom stereocenters. The molecule has 0 radical (unpaired) electrons. The first kappa shape index (κ1) is 21.9. The van der Waals surface area contributed by atoms with Gasteiger partial charge in [0, 0.05) is 22.7 Å². The minimum absolute atomic E-state index is 0.0942. The molecule has 4 aromatic rings. The van der Waals surface area contributed by atoms with Gasteiger partial charge in [0.25, 0.3) is 5.56 Å². The second kappa shape index (κ2) is 9.02. The van der Waals surface area contributed by atoms with E-state index in [2.05, 4.69) is 9.97 Å². The second-order valence-electron chi connectivity index (χ2n) is 6.89. The van der Waals surface area contributed by atoms with Crippen LogP contribution in [-0.4, -0.2) is 31.7 Å². The average molecular weight is 473 g/mol. The monoisotopic (exact) mass is 472 g/mol. The lowest BCUT2D eigenvalue weighted by molar-refractivity contribution is -0.143. The molecule has 164 valence electrons. The van der Waals surface area contributed by atoms with Crippen molar-refractivity contribution < 1.29 is 9.53 Å². The number of benzene rings is 2. The molecule has 0 saturated carbocycles. The van der Waals surface area contributed by atoms with Crippen molar-refractivity contribution in [3.05, 3.63) is 79.4 Å². The number of nitrogens with one attached hydrogen (secondary N) is 1. The molecule has 0 atom stereocenters. The molecule has 0 amide bonds. The summed E-state index contributed by atoms with van der Waals surface area (Å²) in [5.41, 5.74) is 0.248. The van der Waals surface area contributed by atoms with E-state index in [4.69, 9.17) is 27.9 Å². The van der Waals surface area contributed by atoms with E-state index in [0.29, 0.717) is 27.1 Å². The molecular weight excluding hydrogens is 455 g/mol. The molecule has 32 heavy (non-hydrogen) atoms. The van der Waals surface area contributed by atoms with Crippen LogP contribution in [0.3, 0.4) is 0 Å². The Bertz CT molecular complexity index is 1420. The van der Waals surface area contributed by atoms with Gasteiger partial charge in [-0.25, -0.2) is 9.78 Å². The molecule has 0 aliphatic heterocycles. The lowest BCUT2D eigenvalue weighted by Gasteiger charge is -2.11. The summed E-state index contributed by atoms with van der Waals surface area (Å²) in [6.45, 7) is 1.46. The summed E-state index contributed by atoms with van der Waals surface area (Å²) >= 11 is 12.5. The van der Waals surface area contributed by atoms with Gasteiger partial charge >= 0.3 is 11.7 Å². The number of fused-ring (bicyclic) bond motifs is 1. The molecule has 8 nitrogen and oxygen atoms in total. The molecule has 0 aliphatic rings. The number of carbonyl (C=O) groups excluding carboxylic acids is 1. The maximum atomic E-state index is 13.4. The van der Waals surface area contributed by atoms with E-state index in [1.807, 2.05) is 0 Å². The fourth-order valence-electron chi connectivity index (χ4n) is 3.31. The van der Waals surface area contributed by atoms with Crippen molar-refractivity contribution in [2.45, 2.75) is 19.9 Å². The van der Waals surface area contributed by atoms with Crippen molar-refractivity contribution in [1.82, 2.24) is 19.1 Å². The highest BCUT2D eigenvalue weighted by Crippen LogP contribution is 2.31. The molecule has 4 rings (SSSR count). The van der Waals surface area contributed by atoms with Gasteiger partial charge in [-0.15, -0.1) is 0 Å². The number of nitrogens with zero attached hydrogens (tertiary/aromatic N) is 3. The van der Waals surface area contributed by atoms with E-state index < -0.39 is 17.2 Å². The van der Waals surface area contributed by atoms with E-state index in [1.54, 1.807) is 60.0 Å². The predicted octanol–water partition coefficient (Wildman–Crippen LogP) is 3.80. The number of esters is 1. The number of carbonyl (C=O) groups is 1. The zero-order chi connectivity index (χ0) is 22.8. The van der Waals surface area contributed by atoms with Gasteiger partial charge in [-0.2, -0.15) is 0 Å². The highest BCUT2D eigenvalue weighted by Gasteiger charge is 2.21. The average Bonchev–Trinajstić information content (AvgIpc) is 3.15. The van der Waals surface area contributed by atoms with Crippen LogP contribution in [-0.2, 0) is 16.1 Å². The zero-order valence-corrected chi connectivity index (χ0v) is 18.5. The first-order valence-corrected chi connectivity index (χ1v) is 10.6. The molecule has 1 N–H and O–H groups in total. The van der Waals surface area contributed by atoms with Gasteiger partial charge in [0.1, 0.15) is 12.4 Å². The third-order valence-electron chi connectivity index (χ3n) is 4.86. The molecule has 2 aromatic carbocycles. The Balaban J connectivity index is 1.96. The molecular formula is C22H18Cl2N4O4. The Morgan fingerprint density at radius 1 is 1.09 bits per heavy atom. The molecule has 0 aliphatic carbocycles. The van der Waals surface area contributed by atoms with Crippen molar-refractivity contribution >= 4 is 40.3 Å². The van der Waals surface area contributed by atoms with Gasteiger partial charge in [-0.1, -0.05) is 42.3 Å². The van der Waals surface area contributed by atoms with Gasteiger partial charge in [-0.05, 0) is 36.4 Å². The standard InChI is InChI=1S/C22H18Cl2N4O4/c1-2-17(29)32-12-11-27-21(30)18-19(26-22(27)31)25-20(15-5-3-4-6-16(15)24)28(18)14-9-7-13(23)8-10-14/h3-10H,2,11-12H2,1H3,(H,26,31). The SMILES string of the molecule is CCC(=O)OCCn1c(=O)[nH]c2nc(-c3ccccc3Cl)n(-c3ccc(Cl)cc3)c2c1=O. The third kappa shape index (κ3) is 4.06. The first-order chi connectivity index (χ1) is 15.4. The number of aromatic nitrogens is 4. The lowest BCUT2D eigenvalue weighted by atomic mass is 10.2. The number of H-pyrrole nitrogens is 1. The lowest BCUT2D eigenvalue weighted by Crippen LogP contribution is -2.37. The zero-order valence-electron chi connectivity index (χ0n) is 17.0. The maximum absolute atomic E-state index is 13.4. The fourth-order valence-corrected chi connectivity index (χ4v) is 3.66. The molecule has 0 bridgehead atoms. The summed E-state index contributed by atoms with van der Waals surface area (Å²) in [6.07, 6.45) is 0.203. The van der Waals surface area contributed by atoms with Crippen LogP contribution in [0.1, 0.15) is 13.3 Å². The van der Waals surface area contributed by atoms with Gasteiger partial charge in [0.15, 0.2) is 11.2 Å². The summed E-state index contributed by atoms with van der Waals surface area (Å²) in [4.78, 5) is 44.5. The number of hydrogen-bond acceptors (Lipinski definition) is 5. The summed E-state index contributed by atoms with van der Waals surface area (Å²) in [6, 6.07) is 13.9. The number of aromatic amines is 1. The number of halogens is 2. The smallest absolute Gasteiger partial charge is 0.330 e. The van der Waals surface area contributed by atoms with Crippen molar-refractivity contribution in [2.24, 2.45) is 0 Å². The topological polar surface area (TPSA) is 99.0 Å². The van der Waals surface area contributed by atoms with Crippen LogP contribution in [0.5, 0.6) is 0 Å². The van der Waals surface area contributed by atoms with Crippen molar-refractivity contribution in [3.8, 4) is 17.1 Å². The Morgan fingerprint density at radius 3 is 2.50 bits per heavy atom. The maximum Gasteiger partial charge on any atom is 0.330 e.